The third-order valence-electron chi connectivity index (χ3n) is 10.7. The van der Waals surface area contributed by atoms with Gasteiger partial charge in [0.1, 0.15) is 0 Å². The molecule has 0 saturated heterocycles. The van der Waals surface area contributed by atoms with Crippen molar-refractivity contribution in [2.45, 2.75) is 194 Å². The van der Waals surface area contributed by atoms with Crippen LogP contribution in [-0.2, 0) is 28.8 Å². The zero-order chi connectivity index (χ0) is 50.5. The molecule has 66 heavy (non-hydrogen) atoms. The van der Waals surface area contributed by atoms with Gasteiger partial charge < -0.3 is 46.6 Å². The van der Waals surface area contributed by atoms with Crippen molar-refractivity contribution in [2.75, 3.05) is 103 Å². The van der Waals surface area contributed by atoms with Crippen molar-refractivity contribution in [1.82, 2.24) is 46.6 Å². The van der Waals surface area contributed by atoms with Crippen molar-refractivity contribution in [1.29, 1.82) is 0 Å². The summed E-state index contributed by atoms with van der Waals surface area (Å²) in [4.78, 5) is 73.7. The maximum absolute atomic E-state index is 11.8. The highest BCUT2D eigenvalue weighted by Crippen LogP contribution is 2.07. The minimum absolute atomic E-state index is 0.130. The quantitative estimate of drug-likeness (QED) is 0.0348. The molecule has 0 aliphatic rings. The highest BCUT2D eigenvalue weighted by atomic mass is 16.2. The van der Waals surface area contributed by atoms with E-state index in [9.17, 15) is 28.8 Å². The summed E-state index contributed by atoms with van der Waals surface area (Å²) in [6.07, 6.45) is 27.0. The van der Waals surface area contributed by atoms with E-state index in [1.54, 1.807) is 42.9 Å². The van der Waals surface area contributed by atoms with E-state index in [0.29, 0.717) is 38.5 Å². The lowest BCUT2D eigenvalue weighted by atomic mass is 10.1. The van der Waals surface area contributed by atoms with Gasteiger partial charge in [-0.3, -0.25) is 28.8 Å². The van der Waals surface area contributed by atoms with Crippen molar-refractivity contribution in [3.63, 3.8) is 0 Å². The molecule has 0 aromatic rings. The highest BCUT2D eigenvalue weighted by Gasteiger charge is 2.06. The van der Waals surface area contributed by atoms with E-state index < -0.39 is 0 Å². The van der Waals surface area contributed by atoms with Crippen molar-refractivity contribution in [3.8, 4) is 0 Å². The van der Waals surface area contributed by atoms with Crippen LogP contribution in [0.25, 0.3) is 0 Å². The fraction of sp³-hybridized carbons (Fsp3) is 0.882. The topological polar surface area (TPSA) is 184 Å². The first-order chi connectivity index (χ1) is 31.6. The summed E-state index contributed by atoms with van der Waals surface area (Å²) in [5, 5.41) is 18.0. The fourth-order valence-electron chi connectivity index (χ4n) is 6.10. The van der Waals surface area contributed by atoms with Crippen LogP contribution in [0.1, 0.15) is 194 Å². The van der Waals surface area contributed by atoms with Gasteiger partial charge >= 0.3 is 0 Å². The monoisotopic (exact) mass is 942 g/mol. The van der Waals surface area contributed by atoms with E-state index in [-0.39, 0.29) is 35.4 Å². The molecule has 0 bridgehead atoms. The molecule has 0 atom stereocenters. The molecular formula is C51H107N9O6. The van der Waals surface area contributed by atoms with Gasteiger partial charge in [0.05, 0.1) is 0 Å². The summed E-state index contributed by atoms with van der Waals surface area (Å²) in [6, 6.07) is 0. The van der Waals surface area contributed by atoms with Gasteiger partial charge in [0.15, 0.2) is 0 Å². The molecule has 0 aromatic carbocycles. The third kappa shape index (κ3) is 60.7. The Bertz CT molecular complexity index is 1120. The summed E-state index contributed by atoms with van der Waals surface area (Å²) in [6.45, 7) is 9.60. The maximum atomic E-state index is 11.8. The van der Waals surface area contributed by atoms with E-state index in [1.165, 1.54) is 32.1 Å². The van der Waals surface area contributed by atoms with Gasteiger partial charge in [-0.2, -0.15) is 0 Å². The van der Waals surface area contributed by atoms with Crippen molar-refractivity contribution in [3.05, 3.63) is 0 Å². The second-order valence-corrected chi connectivity index (χ2v) is 17.8. The highest BCUT2D eigenvalue weighted by molar-refractivity contribution is 5.77. The molecular weight excluding hydrogens is 835 g/mol. The Morgan fingerprint density at radius 3 is 0.758 bits per heavy atom. The number of rotatable bonds is 39. The van der Waals surface area contributed by atoms with E-state index in [4.69, 9.17) is 0 Å². The van der Waals surface area contributed by atoms with Crippen LogP contribution in [0.4, 0.5) is 0 Å². The number of hydrogen-bond donors (Lipinski definition) is 6. The van der Waals surface area contributed by atoms with Crippen molar-refractivity contribution < 1.29 is 28.8 Å². The lowest BCUT2D eigenvalue weighted by molar-refractivity contribution is -0.129. The normalized spacial score (nSPS) is 10.2. The maximum Gasteiger partial charge on any atom is 0.222 e. The van der Waals surface area contributed by atoms with Crippen molar-refractivity contribution >= 4 is 35.4 Å². The van der Waals surface area contributed by atoms with E-state index >= 15 is 0 Å². The Labute approximate surface area is 406 Å². The molecule has 6 N–H and O–H groups in total. The van der Waals surface area contributed by atoms with Gasteiger partial charge in [-0.15, -0.1) is 0 Å². The first-order valence-corrected chi connectivity index (χ1v) is 26.0. The predicted octanol–water partition coefficient (Wildman–Crippen LogP) is 7.18. The molecule has 15 nitrogen and oxygen atoms in total. The molecule has 0 aromatic heterocycles. The van der Waals surface area contributed by atoms with Crippen LogP contribution in [0.5, 0.6) is 0 Å². The molecule has 0 spiro atoms. The minimum atomic E-state index is 0.130. The Hall–Kier alpha value is -3.30. The summed E-state index contributed by atoms with van der Waals surface area (Å²) < 4.78 is 0. The SMILES string of the molecule is CCCCC(=O)NCCCCCCC(=O)NCCCCCCC(=O)N(C)C.CCNC.CNCCCCCCC(=O)N(C)C.CNCCCCCCC(=O)NCCCCCCC(=O)N(C)C. The van der Waals surface area contributed by atoms with Gasteiger partial charge in [-0.05, 0) is 111 Å². The van der Waals surface area contributed by atoms with Crippen LogP contribution in [-0.4, -0.2) is 153 Å². The van der Waals surface area contributed by atoms with Crippen LogP contribution < -0.4 is 31.9 Å². The van der Waals surface area contributed by atoms with Crippen LogP contribution in [0.15, 0.2) is 0 Å². The summed E-state index contributed by atoms with van der Waals surface area (Å²) >= 11 is 0. The molecule has 0 heterocycles. The van der Waals surface area contributed by atoms with E-state index in [1.807, 2.05) is 35.2 Å². The van der Waals surface area contributed by atoms with Gasteiger partial charge in [0.2, 0.25) is 35.4 Å². The summed E-state index contributed by atoms with van der Waals surface area (Å²) in [5.74, 6) is 1.08. The summed E-state index contributed by atoms with van der Waals surface area (Å²) in [5.41, 5.74) is 0. The molecule has 0 aliphatic heterocycles. The zero-order valence-electron chi connectivity index (χ0n) is 44.8. The molecule has 0 unspecified atom stereocenters. The van der Waals surface area contributed by atoms with Crippen molar-refractivity contribution in [2.24, 2.45) is 0 Å². The zero-order valence-corrected chi connectivity index (χ0v) is 44.8. The van der Waals surface area contributed by atoms with Gasteiger partial charge in [-0.1, -0.05) is 84.5 Å². The Morgan fingerprint density at radius 2 is 0.530 bits per heavy atom. The number of nitrogens with one attached hydrogen (secondary N) is 6. The van der Waals surface area contributed by atoms with Crippen LogP contribution in [0.3, 0.4) is 0 Å². The molecule has 0 aliphatic carbocycles. The van der Waals surface area contributed by atoms with Crippen LogP contribution in [0.2, 0.25) is 0 Å². The number of carbonyl (C=O) groups excluding carboxylic acids is 6. The fourth-order valence-corrected chi connectivity index (χ4v) is 6.10. The molecule has 0 radical (unpaired) electrons. The molecule has 0 fully saturated rings. The molecule has 15 heteroatoms. The Balaban J connectivity index is -0.000000440. The lowest BCUT2D eigenvalue weighted by Crippen LogP contribution is -2.24. The van der Waals surface area contributed by atoms with Crippen LogP contribution >= 0.6 is 0 Å². The number of amides is 6. The molecule has 0 saturated carbocycles. The predicted molar refractivity (Wildman–Crippen MR) is 278 cm³/mol. The third-order valence-corrected chi connectivity index (χ3v) is 10.7. The number of unbranched alkanes of at least 4 members (excludes halogenated alkanes) is 16. The summed E-state index contributed by atoms with van der Waals surface area (Å²) in [7, 11) is 16.6. The number of carbonyl (C=O) groups is 6. The number of hydrogen-bond acceptors (Lipinski definition) is 9. The molecule has 392 valence electrons. The Morgan fingerprint density at radius 1 is 0.303 bits per heavy atom. The van der Waals surface area contributed by atoms with E-state index in [0.717, 1.165) is 148 Å². The lowest BCUT2D eigenvalue weighted by Gasteiger charge is -2.09. The van der Waals surface area contributed by atoms with Gasteiger partial charge in [0, 0.05) is 100 Å². The average Bonchev–Trinajstić information content (AvgIpc) is 3.29. The smallest absolute Gasteiger partial charge is 0.222 e. The number of nitrogens with zero attached hydrogens (tertiary/aromatic N) is 3. The van der Waals surface area contributed by atoms with Crippen LogP contribution in [0, 0.1) is 0 Å². The second kappa shape index (κ2) is 56.0. The minimum Gasteiger partial charge on any atom is -0.356 e. The second-order valence-electron chi connectivity index (χ2n) is 17.8. The Kier molecular flexibility index (Phi) is 58.8. The molecule has 6 amide bonds. The first-order valence-electron chi connectivity index (χ1n) is 26.0. The van der Waals surface area contributed by atoms with Gasteiger partial charge in [0.25, 0.3) is 0 Å². The molecule has 0 rings (SSSR count). The average molecular weight is 942 g/mol. The standard InChI is InChI=1S/C21H41N3O3.C17H35N3O2.C10H22N2O.C3H9N/c1-4-5-14-19(25)22-17-12-8-6-10-15-20(26)23-18-13-9-7-11-16-21(27)24(2)3;1-18-14-10-6-4-8-12-16(21)19-15-11-7-5-9-13-17(22)20(2)3;1-11-9-7-5-4-6-8-10(13)12(2)3;1-3-4-2/h4-18H2,1-3H3,(H,22,25)(H,23,26);18H,4-15H2,1-3H3,(H,19,21);11H,4-9H2,1-3H3;4H,3H2,1-2H3. The van der Waals surface area contributed by atoms with Gasteiger partial charge in [-0.25, -0.2) is 0 Å². The first kappa shape index (κ1) is 69.3. The largest absolute Gasteiger partial charge is 0.356 e. The van der Waals surface area contributed by atoms with E-state index in [2.05, 4.69) is 45.7 Å².